The third kappa shape index (κ3) is 5.62. The number of hydrogen-bond donors (Lipinski definition) is 1. The number of aryl methyl sites for hydroxylation is 1. The number of benzene rings is 1. The van der Waals surface area contributed by atoms with E-state index in [-0.39, 0.29) is 30.4 Å². The molecule has 4 nitrogen and oxygen atoms in total. The van der Waals surface area contributed by atoms with Crippen molar-refractivity contribution in [1.82, 2.24) is 4.90 Å². The van der Waals surface area contributed by atoms with Crippen LogP contribution in [0.25, 0.3) is 0 Å². The van der Waals surface area contributed by atoms with Crippen LogP contribution in [0.15, 0.2) is 24.3 Å². The Morgan fingerprint density at radius 3 is 2.69 bits per heavy atom. The molecule has 2 unspecified atom stereocenters. The molecule has 0 radical (unpaired) electrons. The van der Waals surface area contributed by atoms with Gasteiger partial charge < -0.3 is 15.4 Å². The van der Waals surface area contributed by atoms with Gasteiger partial charge in [-0.2, -0.15) is 0 Å². The molecular weight excluding hydrogens is 348 g/mol. The summed E-state index contributed by atoms with van der Waals surface area (Å²) in [6, 6.07) is 8.51. The van der Waals surface area contributed by atoms with Crippen LogP contribution in [0.2, 0.25) is 0 Å². The molecular formula is C21H33ClN2O2. The van der Waals surface area contributed by atoms with Gasteiger partial charge in [0.2, 0.25) is 5.91 Å². The number of piperidine rings is 1. The van der Waals surface area contributed by atoms with E-state index >= 15 is 0 Å². The van der Waals surface area contributed by atoms with Crippen molar-refractivity contribution in [3.63, 3.8) is 0 Å². The first-order chi connectivity index (χ1) is 12.1. The van der Waals surface area contributed by atoms with Crippen molar-refractivity contribution in [1.29, 1.82) is 0 Å². The fourth-order valence-electron chi connectivity index (χ4n) is 4.18. The first kappa shape index (κ1) is 21.0. The van der Waals surface area contributed by atoms with Gasteiger partial charge in [0.05, 0.1) is 6.10 Å². The summed E-state index contributed by atoms with van der Waals surface area (Å²) in [5, 5.41) is 0. The number of nitrogens with zero attached hydrogens (tertiary/aromatic N) is 1. The summed E-state index contributed by atoms with van der Waals surface area (Å²) >= 11 is 0. The molecule has 5 heteroatoms. The molecule has 146 valence electrons. The highest BCUT2D eigenvalue weighted by molar-refractivity contribution is 5.85. The molecule has 1 heterocycles. The Balaban J connectivity index is 0.00000243. The second-order valence-electron chi connectivity index (χ2n) is 7.68. The average Bonchev–Trinajstić information content (AvgIpc) is 3.13. The molecule has 2 atom stereocenters. The van der Waals surface area contributed by atoms with E-state index < -0.39 is 0 Å². The summed E-state index contributed by atoms with van der Waals surface area (Å²) in [7, 11) is 0. The van der Waals surface area contributed by atoms with Gasteiger partial charge in [0.15, 0.2) is 0 Å². The number of likely N-dealkylation sites (tertiary alicyclic amines) is 1. The Kier molecular flexibility index (Phi) is 8.23. The molecule has 3 rings (SSSR count). The highest BCUT2D eigenvalue weighted by Crippen LogP contribution is 2.25. The first-order valence-electron chi connectivity index (χ1n) is 9.94. The molecule has 2 aliphatic rings. The van der Waals surface area contributed by atoms with Gasteiger partial charge in [-0.15, -0.1) is 12.4 Å². The second kappa shape index (κ2) is 10.2. The van der Waals surface area contributed by atoms with Crippen molar-refractivity contribution in [3.05, 3.63) is 29.8 Å². The summed E-state index contributed by atoms with van der Waals surface area (Å²) in [4.78, 5) is 14.7. The summed E-state index contributed by atoms with van der Waals surface area (Å²) in [5.74, 6) is 1.19. The Labute approximate surface area is 163 Å². The third-order valence-electron chi connectivity index (χ3n) is 5.61. The van der Waals surface area contributed by atoms with E-state index in [0.717, 1.165) is 44.4 Å². The topological polar surface area (TPSA) is 55.6 Å². The third-order valence-corrected chi connectivity index (χ3v) is 5.61. The highest BCUT2D eigenvalue weighted by Gasteiger charge is 2.28. The molecule has 2 N–H and O–H groups in total. The van der Waals surface area contributed by atoms with Crippen LogP contribution in [-0.2, 0) is 11.2 Å². The van der Waals surface area contributed by atoms with Crippen LogP contribution < -0.4 is 10.5 Å². The SMILES string of the molecule is CC(N)C1CCCCN1C(=O)CCc1cccc(OC2CCCC2)c1.Cl. The van der Waals surface area contributed by atoms with Gasteiger partial charge in [-0.05, 0) is 76.0 Å². The van der Waals surface area contributed by atoms with Crippen LogP contribution in [-0.4, -0.2) is 35.5 Å². The number of halogens is 1. The van der Waals surface area contributed by atoms with Crippen LogP contribution in [0.3, 0.4) is 0 Å². The molecule has 1 aromatic carbocycles. The summed E-state index contributed by atoms with van der Waals surface area (Å²) in [6.07, 6.45) is 9.87. The van der Waals surface area contributed by atoms with E-state index in [1.54, 1.807) is 0 Å². The number of amides is 1. The van der Waals surface area contributed by atoms with Crippen LogP contribution >= 0.6 is 12.4 Å². The van der Waals surface area contributed by atoms with Gasteiger partial charge in [-0.1, -0.05) is 12.1 Å². The van der Waals surface area contributed by atoms with Gasteiger partial charge in [-0.25, -0.2) is 0 Å². The number of carbonyl (C=O) groups is 1. The maximum Gasteiger partial charge on any atom is 0.223 e. The van der Waals surface area contributed by atoms with Crippen molar-refractivity contribution in [2.24, 2.45) is 5.73 Å². The monoisotopic (exact) mass is 380 g/mol. The second-order valence-corrected chi connectivity index (χ2v) is 7.68. The number of nitrogens with two attached hydrogens (primary N) is 1. The lowest BCUT2D eigenvalue weighted by molar-refractivity contribution is -0.135. The number of ether oxygens (including phenoxy) is 1. The molecule has 1 saturated heterocycles. The highest BCUT2D eigenvalue weighted by atomic mass is 35.5. The molecule has 0 bridgehead atoms. The Bertz CT molecular complexity index is 573. The molecule has 1 saturated carbocycles. The van der Waals surface area contributed by atoms with Crippen molar-refractivity contribution in [2.75, 3.05) is 6.54 Å². The number of rotatable bonds is 6. The predicted octanol–water partition coefficient (Wildman–Crippen LogP) is 4.09. The maximum atomic E-state index is 12.7. The smallest absolute Gasteiger partial charge is 0.223 e. The zero-order valence-electron chi connectivity index (χ0n) is 15.9. The van der Waals surface area contributed by atoms with Crippen LogP contribution in [0.1, 0.15) is 63.9 Å². The van der Waals surface area contributed by atoms with E-state index in [4.69, 9.17) is 10.5 Å². The Hall–Kier alpha value is -1.26. The van der Waals surface area contributed by atoms with Crippen molar-refractivity contribution < 1.29 is 9.53 Å². The standard InChI is InChI=1S/C21H32N2O2.ClH/c1-16(22)20-11-4-5-14-23(20)21(24)13-12-17-7-6-10-19(15-17)25-18-8-2-3-9-18;/h6-7,10,15-16,18,20H,2-5,8-9,11-14,22H2,1H3;1H. The number of carbonyl (C=O) groups excluding carboxylic acids is 1. The predicted molar refractivity (Wildman–Crippen MR) is 108 cm³/mol. The summed E-state index contributed by atoms with van der Waals surface area (Å²) < 4.78 is 6.08. The molecule has 0 spiro atoms. The van der Waals surface area contributed by atoms with Crippen LogP contribution in [0, 0.1) is 0 Å². The van der Waals surface area contributed by atoms with E-state index in [1.165, 1.54) is 24.8 Å². The molecule has 1 amide bonds. The quantitative estimate of drug-likeness (QED) is 0.808. The minimum atomic E-state index is 0. The summed E-state index contributed by atoms with van der Waals surface area (Å²) in [6.45, 7) is 2.87. The Morgan fingerprint density at radius 1 is 1.23 bits per heavy atom. The fourth-order valence-corrected chi connectivity index (χ4v) is 4.18. The molecule has 1 aliphatic carbocycles. The molecule has 1 aliphatic heterocycles. The molecule has 2 fully saturated rings. The zero-order chi connectivity index (χ0) is 17.6. The normalized spacial score (nSPS) is 21.9. The maximum absolute atomic E-state index is 12.7. The van der Waals surface area contributed by atoms with E-state index in [9.17, 15) is 4.79 Å². The Morgan fingerprint density at radius 2 is 1.96 bits per heavy atom. The largest absolute Gasteiger partial charge is 0.490 e. The first-order valence-corrected chi connectivity index (χ1v) is 9.94. The lowest BCUT2D eigenvalue weighted by Gasteiger charge is -2.38. The number of hydrogen-bond acceptors (Lipinski definition) is 3. The van der Waals surface area contributed by atoms with E-state index in [0.29, 0.717) is 12.5 Å². The zero-order valence-corrected chi connectivity index (χ0v) is 16.7. The lowest BCUT2D eigenvalue weighted by Crippen LogP contribution is -2.51. The van der Waals surface area contributed by atoms with Crippen molar-refractivity contribution >= 4 is 18.3 Å². The molecule has 26 heavy (non-hydrogen) atoms. The molecule has 0 aromatic heterocycles. The van der Waals surface area contributed by atoms with Crippen molar-refractivity contribution in [2.45, 2.75) is 82.9 Å². The van der Waals surface area contributed by atoms with Gasteiger partial charge in [0.25, 0.3) is 0 Å². The van der Waals surface area contributed by atoms with Crippen LogP contribution in [0.4, 0.5) is 0 Å². The minimum Gasteiger partial charge on any atom is -0.490 e. The molecule has 1 aromatic rings. The fraction of sp³-hybridized carbons (Fsp3) is 0.667. The van der Waals surface area contributed by atoms with Gasteiger partial charge in [-0.3, -0.25) is 4.79 Å². The summed E-state index contributed by atoms with van der Waals surface area (Å²) in [5.41, 5.74) is 7.27. The van der Waals surface area contributed by atoms with Gasteiger partial charge in [0, 0.05) is 25.0 Å². The minimum absolute atomic E-state index is 0. The van der Waals surface area contributed by atoms with Gasteiger partial charge >= 0.3 is 0 Å². The van der Waals surface area contributed by atoms with E-state index in [1.807, 2.05) is 24.0 Å². The van der Waals surface area contributed by atoms with Crippen molar-refractivity contribution in [3.8, 4) is 5.75 Å². The van der Waals surface area contributed by atoms with Crippen LogP contribution in [0.5, 0.6) is 5.75 Å². The van der Waals surface area contributed by atoms with E-state index in [2.05, 4.69) is 12.1 Å². The lowest BCUT2D eigenvalue weighted by atomic mass is 9.96. The van der Waals surface area contributed by atoms with Gasteiger partial charge in [0.1, 0.15) is 5.75 Å². The average molecular weight is 381 g/mol.